The third-order valence-electron chi connectivity index (χ3n) is 12.4. The number of hydrogen-bond donors (Lipinski definition) is 0. The van der Waals surface area contributed by atoms with Gasteiger partial charge in [0, 0.05) is 28.1 Å². The van der Waals surface area contributed by atoms with Crippen LogP contribution in [0.15, 0.2) is 200 Å². The smallest absolute Gasteiger partial charge is 0.238 e. The number of anilines is 6. The van der Waals surface area contributed by atoms with E-state index in [-0.39, 0.29) is 0 Å². The van der Waals surface area contributed by atoms with Gasteiger partial charge in [-0.3, -0.25) is 4.90 Å². The largest absolute Gasteiger partial charge is 0.309 e. The molecule has 1 heterocycles. The summed E-state index contributed by atoms with van der Waals surface area (Å²) >= 11 is 0. The molecule has 0 radical (unpaired) electrons. The summed E-state index contributed by atoms with van der Waals surface area (Å²) in [6.07, 6.45) is 0. The Bertz CT molecular complexity index is 3260. The summed E-state index contributed by atoms with van der Waals surface area (Å²) in [5.41, 5.74) is 18.8. The maximum atomic E-state index is 5.49. The number of rotatable bonds is 10. The summed E-state index contributed by atoms with van der Waals surface area (Å²) in [5.74, 6) is 1.68. The molecule has 10 aromatic rings. The predicted molar refractivity (Wildman–Crippen MR) is 277 cm³/mol. The zero-order valence-corrected chi connectivity index (χ0v) is 38.3. The van der Waals surface area contributed by atoms with Gasteiger partial charge in [-0.2, -0.15) is 9.97 Å². The number of fused-ring (bicyclic) bond motifs is 1. The van der Waals surface area contributed by atoms with E-state index in [0.717, 1.165) is 61.2 Å². The highest BCUT2D eigenvalue weighted by Crippen LogP contribution is 2.46. The fourth-order valence-corrected chi connectivity index (χ4v) is 9.64. The Morgan fingerprint density at radius 1 is 0.318 bits per heavy atom. The van der Waals surface area contributed by atoms with Crippen LogP contribution in [-0.4, -0.2) is 15.0 Å². The lowest BCUT2D eigenvalue weighted by molar-refractivity contribution is 1.02. The Balaban J connectivity index is 1.25. The van der Waals surface area contributed by atoms with E-state index < -0.39 is 0 Å². The molecule has 66 heavy (non-hydrogen) atoms. The van der Waals surface area contributed by atoms with Crippen molar-refractivity contribution < 1.29 is 0 Å². The quantitative estimate of drug-likeness (QED) is 0.137. The van der Waals surface area contributed by atoms with Crippen molar-refractivity contribution in [2.75, 3.05) is 9.80 Å². The highest BCUT2D eigenvalue weighted by molar-refractivity contribution is 5.98. The Hall–Kier alpha value is -8.15. The zero-order valence-electron chi connectivity index (χ0n) is 38.3. The van der Waals surface area contributed by atoms with Gasteiger partial charge in [-0.25, -0.2) is 4.98 Å². The molecule has 5 nitrogen and oxygen atoms in total. The van der Waals surface area contributed by atoms with Crippen molar-refractivity contribution in [3.05, 3.63) is 234 Å². The average molecular weight is 854 g/mol. The minimum Gasteiger partial charge on any atom is -0.309 e. The Morgan fingerprint density at radius 2 is 0.727 bits per heavy atom. The number of benzene rings is 9. The molecular weight excluding hydrogens is 803 g/mol. The standard InChI is InChI=1S/C61H51N5/c1-40-34-42(3)57(43(4)35-40)66(58-44(5)36-41(2)37-45(58)6)52-32-30-51(31-33-52)65(56-39-50-27-17-16-26-49(50)38-55(56)47-22-12-8-13-23-47)61-63-59(48-24-14-9-15-25-48)62-60(64-61)54-29-19-18-28-53(54)46-20-10-7-11-21-46/h7-39H,1-6H3. The van der Waals surface area contributed by atoms with Crippen molar-refractivity contribution in [1.82, 2.24) is 15.0 Å². The van der Waals surface area contributed by atoms with Crippen LogP contribution in [0.3, 0.4) is 0 Å². The van der Waals surface area contributed by atoms with Crippen LogP contribution >= 0.6 is 0 Å². The van der Waals surface area contributed by atoms with Crippen LogP contribution in [0.1, 0.15) is 33.4 Å². The highest BCUT2D eigenvalue weighted by atomic mass is 15.3. The van der Waals surface area contributed by atoms with Crippen molar-refractivity contribution in [2.45, 2.75) is 41.5 Å². The van der Waals surface area contributed by atoms with Gasteiger partial charge in [0.25, 0.3) is 0 Å². The van der Waals surface area contributed by atoms with E-state index in [0.29, 0.717) is 17.6 Å². The molecule has 0 saturated heterocycles. The molecule has 0 atom stereocenters. The predicted octanol–water partition coefficient (Wildman–Crippen LogP) is 16.5. The van der Waals surface area contributed by atoms with Crippen molar-refractivity contribution in [3.63, 3.8) is 0 Å². The number of hydrogen-bond acceptors (Lipinski definition) is 5. The number of aryl methyl sites for hydroxylation is 6. The SMILES string of the molecule is Cc1cc(C)c(N(c2ccc(N(c3nc(-c4ccccc4)nc(-c4ccccc4-c4ccccc4)n3)c3cc4ccccc4cc3-c3ccccc3)cc2)c2c(C)cc(C)cc2C)c(C)c1. The zero-order chi connectivity index (χ0) is 45.3. The molecule has 0 aliphatic rings. The molecule has 9 aromatic carbocycles. The summed E-state index contributed by atoms with van der Waals surface area (Å²) in [6.45, 7) is 13.2. The second-order valence-electron chi connectivity index (χ2n) is 17.3. The van der Waals surface area contributed by atoms with Crippen LogP contribution in [0.2, 0.25) is 0 Å². The average Bonchev–Trinajstić information content (AvgIpc) is 3.34. The topological polar surface area (TPSA) is 45.2 Å². The van der Waals surface area contributed by atoms with Crippen molar-refractivity contribution in [2.24, 2.45) is 0 Å². The van der Waals surface area contributed by atoms with Gasteiger partial charge in [-0.1, -0.05) is 175 Å². The molecule has 0 amide bonds. The van der Waals surface area contributed by atoms with Crippen LogP contribution < -0.4 is 9.80 Å². The van der Waals surface area contributed by atoms with Crippen molar-refractivity contribution >= 4 is 45.2 Å². The van der Waals surface area contributed by atoms with Gasteiger partial charge in [0.1, 0.15) is 0 Å². The van der Waals surface area contributed by atoms with Crippen LogP contribution in [0.5, 0.6) is 0 Å². The summed E-state index contributed by atoms with van der Waals surface area (Å²) in [4.78, 5) is 20.8. The molecule has 0 fully saturated rings. The first kappa shape index (κ1) is 41.8. The summed E-state index contributed by atoms with van der Waals surface area (Å²) in [6, 6.07) is 70.9. The molecule has 1 aromatic heterocycles. The third-order valence-corrected chi connectivity index (χ3v) is 12.4. The second kappa shape index (κ2) is 17.8. The minimum absolute atomic E-state index is 0.509. The maximum absolute atomic E-state index is 5.49. The highest BCUT2D eigenvalue weighted by Gasteiger charge is 2.26. The molecular formula is C61H51N5. The van der Waals surface area contributed by atoms with Gasteiger partial charge in [0.05, 0.1) is 17.1 Å². The second-order valence-corrected chi connectivity index (χ2v) is 17.3. The monoisotopic (exact) mass is 853 g/mol. The Kier molecular flexibility index (Phi) is 11.3. The fraction of sp³-hybridized carbons (Fsp3) is 0.0984. The van der Waals surface area contributed by atoms with Gasteiger partial charge >= 0.3 is 0 Å². The third kappa shape index (κ3) is 8.12. The maximum Gasteiger partial charge on any atom is 0.238 e. The molecule has 320 valence electrons. The van der Waals surface area contributed by atoms with E-state index in [9.17, 15) is 0 Å². The Labute approximate surface area is 388 Å². The van der Waals surface area contributed by atoms with Gasteiger partial charge in [0.15, 0.2) is 11.6 Å². The van der Waals surface area contributed by atoms with Crippen LogP contribution in [-0.2, 0) is 0 Å². The van der Waals surface area contributed by atoms with E-state index in [4.69, 9.17) is 15.0 Å². The molecule has 0 spiro atoms. The first-order valence-corrected chi connectivity index (χ1v) is 22.6. The molecule has 0 N–H and O–H groups in total. The van der Waals surface area contributed by atoms with Crippen LogP contribution in [0.4, 0.5) is 34.4 Å². The molecule has 0 bridgehead atoms. The molecule has 10 rings (SSSR count). The van der Waals surface area contributed by atoms with E-state index in [2.05, 4.69) is 227 Å². The van der Waals surface area contributed by atoms with Crippen LogP contribution in [0.25, 0.3) is 55.8 Å². The normalized spacial score (nSPS) is 11.2. The molecule has 0 saturated carbocycles. The lowest BCUT2D eigenvalue weighted by Crippen LogP contribution is -2.18. The molecule has 0 aliphatic carbocycles. The number of nitrogens with zero attached hydrogens (tertiary/aromatic N) is 5. The minimum atomic E-state index is 0.509. The molecule has 0 unspecified atom stereocenters. The van der Waals surface area contributed by atoms with Crippen molar-refractivity contribution in [3.8, 4) is 45.0 Å². The first-order valence-electron chi connectivity index (χ1n) is 22.6. The van der Waals surface area contributed by atoms with Crippen LogP contribution in [0, 0.1) is 41.5 Å². The van der Waals surface area contributed by atoms with Gasteiger partial charge in [-0.15, -0.1) is 0 Å². The summed E-state index contributed by atoms with van der Waals surface area (Å²) < 4.78 is 0. The first-order chi connectivity index (χ1) is 32.2. The van der Waals surface area contributed by atoms with Gasteiger partial charge < -0.3 is 4.90 Å². The van der Waals surface area contributed by atoms with E-state index >= 15 is 0 Å². The summed E-state index contributed by atoms with van der Waals surface area (Å²) in [5, 5.41) is 2.26. The lowest BCUT2D eigenvalue weighted by atomic mass is 9.97. The van der Waals surface area contributed by atoms with Crippen molar-refractivity contribution in [1.29, 1.82) is 0 Å². The Morgan fingerprint density at radius 3 is 1.26 bits per heavy atom. The van der Waals surface area contributed by atoms with E-state index in [1.165, 1.54) is 44.8 Å². The lowest BCUT2D eigenvalue weighted by Gasteiger charge is -2.32. The van der Waals surface area contributed by atoms with Gasteiger partial charge in [0.2, 0.25) is 5.95 Å². The number of aromatic nitrogens is 3. The van der Waals surface area contributed by atoms with E-state index in [1.54, 1.807) is 0 Å². The van der Waals surface area contributed by atoms with E-state index in [1.807, 2.05) is 24.3 Å². The molecule has 0 aliphatic heterocycles. The fourth-order valence-electron chi connectivity index (χ4n) is 9.64. The summed E-state index contributed by atoms with van der Waals surface area (Å²) in [7, 11) is 0. The molecule has 5 heteroatoms. The van der Waals surface area contributed by atoms with Gasteiger partial charge in [-0.05, 0) is 128 Å².